The molecule has 3 aromatic rings. The first-order valence-electron chi connectivity index (χ1n) is 10.7. The van der Waals surface area contributed by atoms with Crippen molar-refractivity contribution < 1.29 is 34.1 Å². The second kappa shape index (κ2) is 11.3. The van der Waals surface area contributed by atoms with E-state index < -0.39 is 36.3 Å². The first kappa shape index (κ1) is 26.9. The zero-order valence-electron chi connectivity index (χ0n) is 19.7. The SMILES string of the molecule is COc1ccc(-c2c(C)sc(NC(=O)c3ccc(C(=O)NC(CO)C(=O)O)cc3C(N)=O)c2C#N)cc1. The molecule has 0 aliphatic carbocycles. The smallest absolute Gasteiger partial charge is 0.328 e. The van der Waals surface area contributed by atoms with E-state index in [1.807, 2.05) is 0 Å². The number of aryl methyl sites for hydroxylation is 1. The van der Waals surface area contributed by atoms with Crippen LogP contribution in [0.25, 0.3) is 11.1 Å². The maximum atomic E-state index is 13.1. The molecule has 0 fully saturated rings. The van der Waals surface area contributed by atoms with Crippen LogP contribution in [0.1, 0.15) is 41.5 Å². The first-order valence-corrected chi connectivity index (χ1v) is 11.5. The Morgan fingerprint density at radius 2 is 1.78 bits per heavy atom. The minimum atomic E-state index is -1.56. The number of hydrogen-bond acceptors (Lipinski definition) is 8. The minimum Gasteiger partial charge on any atom is -0.497 e. The molecule has 0 aliphatic heterocycles. The Balaban J connectivity index is 1.93. The number of nitrogens with one attached hydrogen (secondary N) is 2. The topological polar surface area (TPSA) is 192 Å². The molecule has 0 bridgehead atoms. The summed E-state index contributed by atoms with van der Waals surface area (Å²) in [6.45, 7) is 0.962. The molecule has 1 atom stereocenters. The third kappa shape index (κ3) is 5.75. The number of nitrogens with two attached hydrogens (primary N) is 1. The van der Waals surface area contributed by atoms with Gasteiger partial charge in [0.1, 0.15) is 16.8 Å². The summed E-state index contributed by atoms with van der Waals surface area (Å²) >= 11 is 1.18. The summed E-state index contributed by atoms with van der Waals surface area (Å²) in [5, 5.41) is 32.9. The highest BCUT2D eigenvalue weighted by molar-refractivity contribution is 7.17. The number of aliphatic hydroxyl groups is 1. The number of nitriles is 1. The molecule has 11 nitrogen and oxygen atoms in total. The first-order chi connectivity index (χ1) is 17.6. The lowest BCUT2D eigenvalue weighted by Gasteiger charge is -2.13. The quantitative estimate of drug-likeness (QED) is 0.282. The summed E-state index contributed by atoms with van der Waals surface area (Å²) < 4.78 is 5.17. The summed E-state index contributed by atoms with van der Waals surface area (Å²) in [5.74, 6) is -3.43. The average molecular weight is 523 g/mol. The van der Waals surface area contributed by atoms with Crippen molar-refractivity contribution in [2.24, 2.45) is 5.73 Å². The van der Waals surface area contributed by atoms with Crippen LogP contribution in [0.5, 0.6) is 5.75 Å². The predicted molar refractivity (Wildman–Crippen MR) is 135 cm³/mol. The molecule has 190 valence electrons. The Hall–Kier alpha value is -4.73. The number of carbonyl (C=O) groups is 4. The second-order valence-corrected chi connectivity index (χ2v) is 8.93. The summed E-state index contributed by atoms with van der Waals surface area (Å²) in [6.07, 6.45) is 0. The maximum Gasteiger partial charge on any atom is 0.328 e. The van der Waals surface area contributed by atoms with Crippen LogP contribution in [0.2, 0.25) is 0 Å². The molecule has 0 saturated heterocycles. The van der Waals surface area contributed by atoms with Gasteiger partial charge in [0.2, 0.25) is 5.91 Å². The molecule has 3 rings (SSSR count). The van der Waals surface area contributed by atoms with Crippen LogP contribution >= 0.6 is 11.3 Å². The number of ether oxygens (including phenoxy) is 1. The number of benzene rings is 2. The predicted octanol–water partition coefficient (Wildman–Crippen LogP) is 2.13. The van der Waals surface area contributed by atoms with Crippen molar-refractivity contribution in [1.82, 2.24) is 5.32 Å². The van der Waals surface area contributed by atoms with Crippen LogP contribution in [0, 0.1) is 18.3 Å². The number of amides is 3. The highest BCUT2D eigenvalue weighted by Gasteiger charge is 2.24. The van der Waals surface area contributed by atoms with Gasteiger partial charge in [-0.05, 0) is 42.8 Å². The zero-order valence-corrected chi connectivity index (χ0v) is 20.5. The molecule has 1 heterocycles. The fourth-order valence-corrected chi connectivity index (χ4v) is 4.55. The van der Waals surface area contributed by atoms with Crippen molar-refractivity contribution in [2.45, 2.75) is 13.0 Å². The van der Waals surface area contributed by atoms with Crippen molar-refractivity contribution in [1.29, 1.82) is 5.26 Å². The van der Waals surface area contributed by atoms with E-state index in [0.717, 1.165) is 16.5 Å². The standard InChI is InChI=1S/C25H22N4O7S/c1-12-20(13-3-6-15(36-2)7-4-13)18(10-26)24(37-12)29-23(33)16-8-5-14(9-17(16)21(27)31)22(32)28-19(11-30)25(34)35/h3-9,19,30H,11H2,1-2H3,(H2,27,31)(H,28,32)(H,29,33)(H,34,35). The normalized spacial score (nSPS) is 11.2. The number of aliphatic hydroxyl groups excluding tert-OH is 1. The second-order valence-electron chi connectivity index (χ2n) is 7.70. The van der Waals surface area contributed by atoms with Crippen molar-refractivity contribution in [3.63, 3.8) is 0 Å². The van der Waals surface area contributed by atoms with E-state index in [-0.39, 0.29) is 27.3 Å². The average Bonchev–Trinajstić information content (AvgIpc) is 3.20. The van der Waals surface area contributed by atoms with Gasteiger partial charge in [-0.2, -0.15) is 5.26 Å². The van der Waals surface area contributed by atoms with E-state index in [0.29, 0.717) is 11.3 Å². The van der Waals surface area contributed by atoms with Crippen LogP contribution in [0.4, 0.5) is 5.00 Å². The molecule has 1 unspecified atom stereocenters. The molecular weight excluding hydrogens is 500 g/mol. The van der Waals surface area contributed by atoms with Crippen molar-refractivity contribution >= 4 is 40.0 Å². The summed E-state index contributed by atoms with van der Waals surface area (Å²) in [7, 11) is 1.54. The van der Waals surface area contributed by atoms with E-state index in [9.17, 15) is 24.4 Å². The molecule has 3 amide bonds. The molecule has 37 heavy (non-hydrogen) atoms. The van der Waals surface area contributed by atoms with Gasteiger partial charge in [-0.25, -0.2) is 4.79 Å². The van der Waals surface area contributed by atoms with E-state index in [4.69, 9.17) is 20.7 Å². The van der Waals surface area contributed by atoms with Gasteiger partial charge in [-0.3, -0.25) is 14.4 Å². The number of rotatable bonds is 9. The van der Waals surface area contributed by atoms with Crippen LogP contribution in [-0.4, -0.2) is 53.7 Å². The third-order valence-electron chi connectivity index (χ3n) is 5.38. The lowest BCUT2D eigenvalue weighted by Crippen LogP contribution is -2.43. The monoisotopic (exact) mass is 522 g/mol. The van der Waals surface area contributed by atoms with E-state index in [2.05, 4.69) is 16.7 Å². The number of anilines is 1. The van der Waals surface area contributed by atoms with Gasteiger partial charge in [-0.1, -0.05) is 12.1 Å². The lowest BCUT2D eigenvalue weighted by atomic mass is 10.0. The van der Waals surface area contributed by atoms with Crippen molar-refractivity contribution in [3.05, 3.63) is 69.6 Å². The van der Waals surface area contributed by atoms with Gasteiger partial charge < -0.3 is 31.3 Å². The number of carboxylic acid groups (broad SMARTS) is 1. The Morgan fingerprint density at radius 1 is 1.11 bits per heavy atom. The number of primary amides is 1. The molecular formula is C25H22N4O7S. The van der Waals surface area contributed by atoms with Gasteiger partial charge in [0.15, 0.2) is 6.04 Å². The van der Waals surface area contributed by atoms with Gasteiger partial charge >= 0.3 is 5.97 Å². The summed E-state index contributed by atoms with van der Waals surface area (Å²) in [6, 6.07) is 11.1. The van der Waals surface area contributed by atoms with Crippen LogP contribution in [0.15, 0.2) is 42.5 Å². The molecule has 2 aromatic carbocycles. The largest absolute Gasteiger partial charge is 0.497 e. The lowest BCUT2D eigenvalue weighted by molar-refractivity contribution is -0.140. The van der Waals surface area contributed by atoms with Crippen LogP contribution in [0.3, 0.4) is 0 Å². The number of carboxylic acids is 1. The van der Waals surface area contributed by atoms with E-state index in [1.165, 1.54) is 23.5 Å². The van der Waals surface area contributed by atoms with Crippen LogP contribution < -0.4 is 21.1 Å². The number of nitrogens with zero attached hydrogens (tertiary/aromatic N) is 1. The Morgan fingerprint density at radius 3 is 2.32 bits per heavy atom. The van der Waals surface area contributed by atoms with E-state index >= 15 is 0 Å². The highest BCUT2D eigenvalue weighted by Crippen LogP contribution is 2.40. The Bertz CT molecular complexity index is 1420. The number of methoxy groups -OCH3 is 1. The molecule has 0 radical (unpaired) electrons. The molecule has 12 heteroatoms. The Kier molecular flexibility index (Phi) is 8.23. The number of aliphatic carboxylic acids is 1. The number of carbonyl (C=O) groups excluding carboxylic acids is 3. The number of thiophene rings is 1. The van der Waals surface area contributed by atoms with Gasteiger partial charge in [-0.15, -0.1) is 11.3 Å². The maximum absolute atomic E-state index is 13.1. The van der Waals surface area contributed by atoms with Crippen LogP contribution in [-0.2, 0) is 4.79 Å². The molecule has 0 saturated carbocycles. The summed E-state index contributed by atoms with van der Waals surface area (Å²) in [5.41, 5.74) is 6.48. The fraction of sp³-hybridized carbons (Fsp3) is 0.160. The van der Waals surface area contributed by atoms with Crippen molar-refractivity contribution in [3.8, 4) is 22.9 Å². The highest BCUT2D eigenvalue weighted by atomic mass is 32.1. The molecule has 1 aromatic heterocycles. The van der Waals surface area contributed by atoms with Gasteiger partial charge in [0, 0.05) is 16.0 Å². The third-order valence-corrected chi connectivity index (χ3v) is 6.40. The van der Waals surface area contributed by atoms with Crippen molar-refractivity contribution in [2.75, 3.05) is 19.0 Å². The molecule has 6 N–H and O–H groups in total. The zero-order chi connectivity index (χ0) is 27.3. The Labute approximate surface area is 215 Å². The van der Waals surface area contributed by atoms with Gasteiger partial charge in [0.25, 0.3) is 11.8 Å². The molecule has 0 spiro atoms. The minimum absolute atomic E-state index is 0.142. The van der Waals surface area contributed by atoms with E-state index in [1.54, 1.807) is 38.3 Å². The van der Waals surface area contributed by atoms with Gasteiger partial charge in [0.05, 0.1) is 30.4 Å². The summed E-state index contributed by atoms with van der Waals surface area (Å²) in [4.78, 5) is 49.4. The fourth-order valence-electron chi connectivity index (χ4n) is 3.53. The molecule has 0 aliphatic rings. The number of hydrogen-bond donors (Lipinski definition) is 5.